The molecule has 0 saturated carbocycles. The van der Waals surface area contributed by atoms with Gasteiger partial charge in [-0.05, 0) is 49.7 Å². The van der Waals surface area contributed by atoms with Gasteiger partial charge in [0.15, 0.2) is 0 Å². The van der Waals surface area contributed by atoms with E-state index >= 15 is 0 Å². The number of nitrogens with one attached hydrogen (secondary N) is 3. The first kappa shape index (κ1) is 22.5. The highest BCUT2D eigenvalue weighted by molar-refractivity contribution is 7.92. The molecule has 0 atom stereocenters. The molecule has 2 amide bonds. The largest absolute Gasteiger partial charge is 0.501 e. The zero-order chi connectivity index (χ0) is 21.8. The number of halogens is 4. The predicted molar refractivity (Wildman–Crippen MR) is 101 cm³/mol. The first-order chi connectivity index (χ1) is 13.4. The van der Waals surface area contributed by atoms with Crippen molar-refractivity contribution in [3.05, 3.63) is 53.8 Å². The lowest BCUT2D eigenvalue weighted by atomic mass is 10.2. The predicted octanol–water partition coefficient (Wildman–Crippen LogP) is 4.26. The Labute approximate surface area is 165 Å². The van der Waals surface area contributed by atoms with E-state index in [4.69, 9.17) is 0 Å². The van der Waals surface area contributed by atoms with Gasteiger partial charge in [-0.15, -0.1) is 0 Å². The van der Waals surface area contributed by atoms with Crippen molar-refractivity contribution in [2.75, 3.05) is 10.6 Å². The lowest BCUT2D eigenvalue weighted by Crippen LogP contribution is -2.34. The molecule has 0 aromatic heterocycles. The van der Waals surface area contributed by atoms with Gasteiger partial charge in [0.2, 0.25) is 0 Å². The van der Waals surface area contributed by atoms with Gasteiger partial charge in [-0.1, -0.05) is 12.1 Å². The Morgan fingerprint density at radius 2 is 1.69 bits per heavy atom. The molecular weight excluding hydrogens is 414 g/mol. The number of hydrogen-bond acceptors (Lipinski definition) is 4. The van der Waals surface area contributed by atoms with Gasteiger partial charge in [0.05, 0.1) is 5.69 Å². The van der Waals surface area contributed by atoms with Crippen molar-refractivity contribution in [2.24, 2.45) is 0 Å². The van der Waals surface area contributed by atoms with Crippen molar-refractivity contribution < 1.29 is 30.8 Å². The Morgan fingerprint density at radius 3 is 2.24 bits per heavy atom. The molecule has 158 valence electrons. The van der Waals surface area contributed by atoms with E-state index < -0.39 is 26.1 Å². The zero-order valence-electron chi connectivity index (χ0n) is 15.5. The Bertz CT molecular complexity index is 975. The van der Waals surface area contributed by atoms with Crippen LogP contribution < -0.4 is 16.0 Å². The summed E-state index contributed by atoms with van der Waals surface area (Å²) in [6.07, 6.45) is 0. The molecule has 2 aromatic rings. The second-order valence-electron chi connectivity index (χ2n) is 6.39. The summed E-state index contributed by atoms with van der Waals surface area (Å²) in [5, 5.41) is 7.83. The molecular formula is C18H19F4N3O3S. The van der Waals surface area contributed by atoms with Crippen molar-refractivity contribution in [2.45, 2.75) is 36.8 Å². The van der Waals surface area contributed by atoms with Crippen molar-refractivity contribution >= 4 is 27.2 Å². The molecule has 6 nitrogen and oxygen atoms in total. The molecule has 11 heteroatoms. The number of hydrogen-bond donors (Lipinski definition) is 3. The van der Waals surface area contributed by atoms with E-state index in [1.54, 1.807) is 38.1 Å². The highest BCUT2D eigenvalue weighted by atomic mass is 32.2. The number of sulfone groups is 1. The van der Waals surface area contributed by atoms with Crippen LogP contribution in [0.15, 0.2) is 47.4 Å². The zero-order valence-corrected chi connectivity index (χ0v) is 16.3. The molecule has 2 rings (SSSR count). The second kappa shape index (κ2) is 8.68. The maximum Gasteiger partial charge on any atom is 0.501 e. The lowest BCUT2D eigenvalue weighted by Gasteiger charge is -2.15. The first-order valence-electron chi connectivity index (χ1n) is 8.41. The first-order valence-corrected chi connectivity index (χ1v) is 9.89. The molecule has 0 bridgehead atoms. The van der Waals surface area contributed by atoms with Crippen LogP contribution >= 0.6 is 0 Å². The molecule has 0 fully saturated rings. The minimum atomic E-state index is -5.72. The molecule has 29 heavy (non-hydrogen) atoms. The number of amides is 2. The van der Waals surface area contributed by atoms with Crippen molar-refractivity contribution in [3.63, 3.8) is 0 Å². The van der Waals surface area contributed by atoms with Crippen LogP contribution in [-0.2, 0) is 16.4 Å². The van der Waals surface area contributed by atoms with Crippen LogP contribution in [0.5, 0.6) is 0 Å². The van der Waals surface area contributed by atoms with Crippen LogP contribution in [0.1, 0.15) is 19.4 Å². The monoisotopic (exact) mass is 433 g/mol. The maximum absolute atomic E-state index is 13.4. The standard InChI is InChI=1S/C18H19F4N3O3S/c1-11(2)24-17(26)25-14-6-3-12(4-7-14)10-23-15-8-5-13(19)9-16(15)29(27,28)18(20,21)22/h3-9,11,23H,10H2,1-2H3,(H2,24,25,26). The molecule has 0 heterocycles. The molecule has 0 aliphatic carbocycles. The third-order valence-corrected chi connectivity index (χ3v) is 5.18. The summed E-state index contributed by atoms with van der Waals surface area (Å²) < 4.78 is 75.3. The summed E-state index contributed by atoms with van der Waals surface area (Å²) in [6, 6.07) is 8.03. The van der Waals surface area contributed by atoms with Gasteiger partial charge < -0.3 is 16.0 Å². The summed E-state index contributed by atoms with van der Waals surface area (Å²) in [5.41, 5.74) is -4.84. The minimum Gasteiger partial charge on any atom is -0.380 e. The van der Waals surface area contributed by atoms with E-state index in [9.17, 15) is 30.8 Å². The SMILES string of the molecule is CC(C)NC(=O)Nc1ccc(CNc2ccc(F)cc2S(=O)(=O)C(F)(F)F)cc1. The summed E-state index contributed by atoms with van der Waals surface area (Å²) in [5.74, 6) is -1.10. The minimum absolute atomic E-state index is 0.0233. The number of rotatable bonds is 6. The van der Waals surface area contributed by atoms with E-state index in [1.807, 2.05) is 0 Å². The van der Waals surface area contributed by atoms with E-state index in [1.165, 1.54) is 0 Å². The highest BCUT2D eigenvalue weighted by Crippen LogP contribution is 2.35. The topological polar surface area (TPSA) is 87.3 Å². The number of alkyl halides is 3. The van der Waals surface area contributed by atoms with E-state index in [0.717, 1.165) is 12.1 Å². The van der Waals surface area contributed by atoms with Gasteiger partial charge in [0, 0.05) is 18.3 Å². The van der Waals surface area contributed by atoms with Gasteiger partial charge in [-0.2, -0.15) is 13.2 Å². The van der Waals surface area contributed by atoms with E-state index in [2.05, 4.69) is 16.0 Å². The quantitative estimate of drug-likeness (QED) is 0.594. The fourth-order valence-corrected chi connectivity index (χ4v) is 3.27. The van der Waals surface area contributed by atoms with E-state index in [0.29, 0.717) is 17.3 Å². The van der Waals surface area contributed by atoms with Crippen molar-refractivity contribution in [3.8, 4) is 0 Å². The Hall–Kier alpha value is -2.82. The van der Waals surface area contributed by atoms with E-state index in [-0.39, 0.29) is 24.3 Å². The van der Waals surface area contributed by atoms with Gasteiger partial charge in [0.25, 0.3) is 9.84 Å². The number of benzene rings is 2. The Kier molecular flexibility index (Phi) is 6.73. The summed E-state index contributed by atoms with van der Waals surface area (Å²) in [7, 11) is -5.72. The van der Waals surface area contributed by atoms with Gasteiger partial charge >= 0.3 is 11.5 Å². The number of anilines is 2. The third-order valence-electron chi connectivity index (χ3n) is 3.65. The average molecular weight is 433 g/mol. The van der Waals surface area contributed by atoms with Crippen LogP contribution in [0.2, 0.25) is 0 Å². The van der Waals surface area contributed by atoms with Crippen LogP contribution in [0.4, 0.5) is 33.7 Å². The molecule has 0 spiro atoms. The van der Waals surface area contributed by atoms with Crippen molar-refractivity contribution in [1.29, 1.82) is 0 Å². The number of carbonyl (C=O) groups is 1. The second-order valence-corrected chi connectivity index (χ2v) is 8.30. The van der Waals surface area contributed by atoms with Crippen molar-refractivity contribution in [1.82, 2.24) is 5.32 Å². The normalized spacial score (nSPS) is 12.0. The number of carbonyl (C=O) groups excluding carboxylic acids is 1. The molecule has 0 saturated heterocycles. The van der Waals surface area contributed by atoms with Crippen LogP contribution in [0.3, 0.4) is 0 Å². The van der Waals surface area contributed by atoms with Gasteiger partial charge in [0.1, 0.15) is 10.7 Å². The average Bonchev–Trinajstić information content (AvgIpc) is 2.60. The molecule has 2 aromatic carbocycles. The molecule has 0 aliphatic heterocycles. The Morgan fingerprint density at radius 1 is 1.07 bits per heavy atom. The molecule has 0 radical (unpaired) electrons. The van der Waals surface area contributed by atoms with Crippen LogP contribution in [-0.4, -0.2) is 26.0 Å². The van der Waals surface area contributed by atoms with Gasteiger partial charge in [-0.3, -0.25) is 0 Å². The third kappa shape index (κ3) is 5.83. The summed E-state index contributed by atoms with van der Waals surface area (Å²) in [6.45, 7) is 3.58. The highest BCUT2D eigenvalue weighted by Gasteiger charge is 2.48. The fraction of sp³-hybridized carbons (Fsp3) is 0.278. The molecule has 0 aliphatic rings. The lowest BCUT2D eigenvalue weighted by molar-refractivity contribution is -0.0435. The van der Waals surface area contributed by atoms with Gasteiger partial charge in [-0.25, -0.2) is 17.6 Å². The fourth-order valence-electron chi connectivity index (χ4n) is 2.32. The van der Waals surface area contributed by atoms with Crippen LogP contribution in [0, 0.1) is 5.82 Å². The summed E-state index contributed by atoms with van der Waals surface area (Å²) in [4.78, 5) is 10.5. The Balaban J connectivity index is 2.14. The summed E-state index contributed by atoms with van der Waals surface area (Å²) >= 11 is 0. The van der Waals surface area contributed by atoms with Crippen LogP contribution in [0.25, 0.3) is 0 Å². The maximum atomic E-state index is 13.4. The molecule has 0 unspecified atom stereocenters. The number of urea groups is 1. The molecule has 3 N–H and O–H groups in total. The smallest absolute Gasteiger partial charge is 0.380 e.